The van der Waals surface area contributed by atoms with Crippen LogP contribution in [0.1, 0.15) is 59.8 Å². The highest BCUT2D eigenvalue weighted by molar-refractivity contribution is 5.91. The Bertz CT molecular complexity index is 1090. The fourth-order valence-corrected chi connectivity index (χ4v) is 3.90. The van der Waals surface area contributed by atoms with Crippen molar-refractivity contribution in [3.05, 3.63) is 77.6 Å². The molecule has 1 aliphatic rings. The number of aromatic nitrogens is 3. The maximum atomic E-state index is 13.1. The molecule has 2 N–H and O–H groups in total. The first-order valence-corrected chi connectivity index (χ1v) is 11.7. The van der Waals surface area contributed by atoms with E-state index in [2.05, 4.69) is 20.9 Å². The molecule has 0 unspecified atom stereocenters. The zero-order chi connectivity index (χ0) is 23.9. The van der Waals surface area contributed by atoms with Crippen molar-refractivity contribution in [2.75, 3.05) is 13.7 Å². The molecule has 8 heteroatoms. The van der Waals surface area contributed by atoms with Crippen LogP contribution in [-0.4, -0.2) is 40.5 Å². The zero-order valence-electron chi connectivity index (χ0n) is 19.6. The molecule has 1 fully saturated rings. The normalized spacial score (nSPS) is 15.1. The van der Waals surface area contributed by atoms with Gasteiger partial charge in [-0.15, -0.1) is 5.10 Å². The predicted molar refractivity (Wildman–Crippen MR) is 128 cm³/mol. The van der Waals surface area contributed by atoms with Crippen LogP contribution in [0.15, 0.2) is 60.8 Å². The van der Waals surface area contributed by atoms with E-state index in [1.165, 1.54) is 19.3 Å². The zero-order valence-corrected chi connectivity index (χ0v) is 19.6. The van der Waals surface area contributed by atoms with Gasteiger partial charge in [0.25, 0.3) is 5.91 Å². The standard InChI is InChI=1S/C26H31N5O3/c1-18(20-9-4-3-5-10-20)25(32)28-23(15-31-16-24(29-30-31)26(33)27-2)21-11-13-22(14-12-21)34-17-19-7-6-8-19/h3-5,9-14,16,18-19,23H,6-8,15,17H2,1-2H3,(H,27,33)(H,28,32)/t18-,23-/m0/s1. The van der Waals surface area contributed by atoms with Gasteiger partial charge in [0.15, 0.2) is 5.69 Å². The Hall–Kier alpha value is -3.68. The maximum Gasteiger partial charge on any atom is 0.273 e. The van der Waals surface area contributed by atoms with E-state index in [9.17, 15) is 9.59 Å². The second-order valence-electron chi connectivity index (χ2n) is 8.78. The molecule has 4 rings (SSSR count). The second kappa shape index (κ2) is 11.0. The number of benzene rings is 2. The van der Waals surface area contributed by atoms with Crippen LogP contribution in [0.5, 0.6) is 5.75 Å². The van der Waals surface area contributed by atoms with E-state index in [-0.39, 0.29) is 29.5 Å². The average molecular weight is 462 g/mol. The van der Waals surface area contributed by atoms with E-state index in [1.54, 1.807) is 17.9 Å². The van der Waals surface area contributed by atoms with Gasteiger partial charge < -0.3 is 15.4 Å². The molecule has 2 amide bonds. The number of nitrogens with one attached hydrogen (secondary N) is 2. The molecule has 0 bridgehead atoms. The van der Waals surface area contributed by atoms with Gasteiger partial charge in [0.1, 0.15) is 5.75 Å². The van der Waals surface area contributed by atoms with Gasteiger partial charge in [-0.05, 0) is 48.9 Å². The molecule has 2 atom stereocenters. The van der Waals surface area contributed by atoms with E-state index in [4.69, 9.17) is 4.74 Å². The van der Waals surface area contributed by atoms with Gasteiger partial charge in [-0.1, -0.05) is 54.1 Å². The average Bonchev–Trinajstić information content (AvgIpc) is 3.31. The van der Waals surface area contributed by atoms with Crippen molar-refractivity contribution in [1.82, 2.24) is 25.6 Å². The van der Waals surface area contributed by atoms with Crippen LogP contribution in [0.25, 0.3) is 0 Å². The fourth-order valence-electron chi connectivity index (χ4n) is 3.90. The van der Waals surface area contributed by atoms with Crippen molar-refractivity contribution in [3.63, 3.8) is 0 Å². The number of carbonyl (C=O) groups is 2. The summed E-state index contributed by atoms with van der Waals surface area (Å²) < 4.78 is 7.50. The number of rotatable bonds is 10. The van der Waals surface area contributed by atoms with Gasteiger partial charge in [0, 0.05) is 7.05 Å². The van der Waals surface area contributed by atoms with Crippen LogP contribution in [0, 0.1) is 5.92 Å². The summed E-state index contributed by atoms with van der Waals surface area (Å²) >= 11 is 0. The lowest BCUT2D eigenvalue weighted by Crippen LogP contribution is -2.34. The molecule has 0 aliphatic heterocycles. The van der Waals surface area contributed by atoms with E-state index in [0.717, 1.165) is 23.5 Å². The molecular formula is C26H31N5O3. The van der Waals surface area contributed by atoms with Crippen molar-refractivity contribution < 1.29 is 14.3 Å². The molecule has 0 radical (unpaired) electrons. The Morgan fingerprint density at radius 3 is 2.47 bits per heavy atom. The lowest BCUT2D eigenvalue weighted by Gasteiger charge is -2.25. The van der Waals surface area contributed by atoms with E-state index in [1.807, 2.05) is 61.5 Å². The smallest absolute Gasteiger partial charge is 0.273 e. The summed E-state index contributed by atoms with van der Waals surface area (Å²) in [5.74, 6) is 0.769. The van der Waals surface area contributed by atoms with Crippen LogP contribution in [0.2, 0.25) is 0 Å². The van der Waals surface area contributed by atoms with Crippen molar-refractivity contribution in [3.8, 4) is 5.75 Å². The first kappa shape index (κ1) is 23.5. The van der Waals surface area contributed by atoms with Crippen molar-refractivity contribution in [2.24, 2.45) is 5.92 Å². The number of amides is 2. The number of ether oxygens (including phenoxy) is 1. The summed E-state index contributed by atoms with van der Waals surface area (Å²) in [6.07, 6.45) is 5.35. The topological polar surface area (TPSA) is 98.1 Å². The third-order valence-electron chi connectivity index (χ3n) is 6.37. The Morgan fingerprint density at radius 1 is 1.09 bits per heavy atom. The van der Waals surface area contributed by atoms with Gasteiger partial charge in [-0.2, -0.15) is 0 Å². The lowest BCUT2D eigenvalue weighted by molar-refractivity contribution is -0.123. The van der Waals surface area contributed by atoms with Crippen LogP contribution < -0.4 is 15.4 Å². The maximum absolute atomic E-state index is 13.1. The summed E-state index contributed by atoms with van der Waals surface area (Å²) in [4.78, 5) is 25.0. The SMILES string of the molecule is CNC(=O)c1cn(C[C@H](NC(=O)[C@@H](C)c2ccccc2)c2ccc(OCC3CCC3)cc2)nn1. The van der Waals surface area contributed by atoms with Gasteiger partial charge in [-0.25, -0.2) is 4.68 Å². The number of hydrogen-bond acceptors (Lipinski definition) is 5. The molecule has 8 nitrogen and oxygen atoms in total. The third-order valence-corrected chi connectivity index (χ3v) is 6.37. The highest BCUT2D eigenvalue weighted by atomic mass is 16.5. The summed E-state index contributed by atoms with van der Waals surface area (Å²) in [7, 11) is 1.55. The quantitative estimate of drug-likeness (QED) is 0.482. The van der Waals surface area contributed by atoms with E-state index in [0.29, 0.717) is 12.5 Å². The molecule has 1 aliphatic carbocycles. The van der Waals surface area contributed by atoms with Gasteiger partial charge in [0.2, 0.25) is 5.91 Å². The van der Waals surface area contributed by atoms with Gasteiger partial charge >= 0.3 is 0 Å². The summed E-state index contributed by atoms with van der Waals surface area (Å²) in [5.41, 5.74) is 2.09. The summed E-state index contributed by atoms with van der Waals surface area (Å²) in [6, 6.07) is 17.1. The highest BCUT2D eigenvalue weighted by Crippen LogP contribution is 2.28. The molecule has 0 spiro atoms. The molecule has 1 saturated carbocycles. The van der Waals surface area contributed by atoms with Crippen LogP contribution in [-0.2, 0) is 11.3 Å². The van der Waals surface area contributed by atoms with Gasteiger partial charge in [0.05, 0.1) is 31.3 Å². The van der Waals surface area contributed by atoms with Crippen LogP contribution in [0.4, 0.5) is 0 Å². The lowest BCUT2D eigenvalue weighted by atomic mass is 9.86. The van der Waals surface area contributed by atoms with Crippen molar-refractivity contribution >= 4 is 11.8 Å². The first-order chi connectivity index (χ1) is 16.5. The summed E-state index contributed by atoms with van der Waals surface area (Å²) in [6.45, 7) is 2.97. The van der Waals surface area contributed by atoms with E-state index >= 15 is 0 Å². The minimum atomic E-state index is -0.362. The van der Waals surface area contributed by atoms with Crippen LogP contribution in [0.3, 0.4) is 0 Å². The number of carbonyl (C=O) groups excluding carboxylic acids is 2. The fraction of sp³-hybridized carbons (Fsp3) is 0.385. The largest absolute Gasteiger partial charge is 0.493 e. The second-order valence-corrected chi connectivity index (χ2v) is 8.78. The molecule has 34 heavy (non-hydrogen) atoms. The monoisotopic (exact) mass is 461 g/mol. The van der Waals surface area contributed by atoms with Crippen LogP contribution >= 0.6 is 0 Å². The number of nitrogens with zero attached hydrogens (tertiary/aromatic N) is 3. The minimum absolute atomic E-state index is 0.0897. The van der Waals surface area contributed by atoms with Gasteiger partial charge in [-0.3, -0.25) is 9.59 Å². The molecule has 2 aromatic carbocycles. The predicted octanol–water partition coefficient (Wildman–Crippen LogP) is 3.48. The first-order valence-electron chi connectivity index (χ1n) is 11.7. The van der Waals surface area contributed by atoms with Crippen molar-refractivity contribution in [2.45, 2.75) is 44.7 Å². The third kappa shape index (κ3) is 5.81. The molecule has 0 saturated heterocycles. The van der Waals surface area contributed by atoms with E-state index < -0.39 is 0 Å². The molecule has 1 aromatic heterocycles. The highest BCUT2D eigenvalue weighted by Gasteiger charge is 2.22. The molecule has 3 aromatic rings. The Labute approximate surface area is 199 Å². The Balaban J connectivity index is 1.50. The Kier molecular flexibility index (Phi) is 7.57. The molecule has 178 valence electrons. The molecule has 1 heterocycles. The summed E-state index contributed by atoms with van der Waals surface area (Å²) in [5, 5.41) is 13.7. The molecular weight excluding hydrogens is 430 g/mol. The number of hydrogen-bond donors (Lipinski definition) is 2. The minimum Gasteiger partial charge on any atom is -0.493 e. The Morgan fingerprint density at radius 2 is 1.82 bits per heavy atom. The van der Waals surface area contributed by atoms with Crippen molar-refractivity contribution in [1.29, 1.82) is 0 Å².